The van der Waals surface area contributed by atoms with Crippen LogP contribution in [-0.4, -0.2) is 54.2 Å². The summed E-state index contributed by atoms with van der Waals surface area (Å²) in [6.07, 6.45) is 4.74. The smallest absolute Gasteiger partial charge is 0.318 e. The first-order valence-corrected chi connectivity index (χ1v) is 9.97. The van der Waals surface area contributed by atoms with Crippen LogP contribution in [0.1, 0.15) is 48.8 Å². The number of nitrogens with zero attached hydrogens (tertiary/aromatic N) is 1. The van der Waals surface area contributed by atoms with E-state index in [9.17, 15) is 14.7 Å². The SMILES string of the molecule is Cc1cc(C)cc(C2(CNC(=O)N3CCNC(=O)[C@@H]3CCO)CCCC2)c1. The molecule has 0 spiro atoms. The van der Waals surface area contributed by atoms with E-state index < -0.39 is 6.04 Å². The summed E-state index contributed by atoms with van der Waals surface area (Å²) in [5.41, 5.74) is 3.77. The van der Waals surface area contributed by atoms with E-state index in [0.717, 1.165) is 12.8 Å². The lowest BCUT2D eigenvalue weighted by Crippen LogP contribution is -2.60. The second-order valence-electron chi connectivity index (χ2n) is 8.04. The monoisotopic (exact) mass is 373 g/mol. The van der Waals surface area contributed by atoms with Gasteiger partial charge in [0, 0.05) is 31.7 Å². The van der Waals surface area contributed by atoms with Crippen LogP contribution in [0.25, 0.3) is 0 Å². The fourth-order valence-electron chi connectivity index (χ4n) is 4.61. The number of carbonyl (C=O) groups is 2. The van der Waals surface area contributed by atoms with Crippen LogP contribution >= 0.6 is 0 Å². The Morgan fingerprint density at radius 1 is 1.26 bits per heavy atom. The second kappa shape index (κ2) is 8.30. The van der Waals surface area contributed by atoms with Gasteiger partial charge in [-0.1, -0.05) is 42.2 Å². The lowest BCUT2D eigenvalue weighted by Gasteiger charge is -2.37. The number of hydrogen-bond acceptors (Lipinski definition) is 3. The van der Waals surface area contributed by atoms with Gasteiger partial charge >= 0.3 is 6.03 Å². The second-order valence-corrected chi connectivity index (χ2v) is 8.04. The van der Waals surface area contributed by atoms with E-state index in [1.165, 1.54) is 29.5 Å². The van der Waals surface area contributed by atoms with Crippen LogP contribution < -0.4 is 10.6 Å². The molecule has 6 nitrogen and oxygen atoms in total. The van der Waals surface area contributed by atoms with Crippen molar-refractivity contribution >= 4 is 11.9 Å². The standard InChI is InChI=1S/C21H31N3O3/c1-15-11-16(2)13-17(12-15)21(6-3-4-7-21)14-23-20(27)24-9-8-22-19(26)18(24)5-10-25/h11-13,18,25H,3-10,14H2,1-2H3,(H,22,26)(H,23,27)/t18-/m0/s1. The van der Waals surface area contributed by atoms with Crippen LogP contribution in [0.15, 0.2) is 18.2 Å². The minimum absolute atomic E-state index is 0.0308. The van der Waals surface area contributed by atoms with Crippen molar-refractivity contribution in [3.63, 3.8) is 0 Å². The topological polar surface area (TPSA) is 81.7 Å². The summed E-state index contributed by atoms with van der Waals surface area (Å²) in [6, 6.07) is 5.86. The fourth-order valence-corrected chi connectivity index (χ4v) is 4.61. The molecule has 1 aliphatic carbocycles. The maximum absolute atomic E-state index is 12.8. The third kappa shape index (κ3) is 4.26. The largest absolute Gasteiger partial charge is 0.396 e. The summed E-state index contributed by atoms with van der Waals surface area (Å²) in [4.78, 5) is 26.5. The van der Waals surface area contributed by atoms with Crippen LogP contribution in [-0.2, 0) is 10.2 Å². The van der Waals surface area contributed by atoms with Crippen molar-refractivity contribution in [2.24, 2.45) is 0 Å². The summed E-state index contributed by atoms with van der Waals surface area (Å²) in [5, 5.41) is 15.1. The predicted molar refractivity (Wildman–Crippen MR) is 105 cm³/mol. The molecule has 0 unspecified atom stereocenters. The number of benzene rings is 1. The molecule has 6 heteroatoms. The number of hydrogen-bond donors (Lipinski definition) is 3. The van der Waals surface area contributed by atoms with E-state index >= 15 is 0 Å². The highest BCUT2D eigenvalue weighted by molar-refractivity contribution is 5.88. The number of amides is 3. The Morgan fingerprint density at radius 2 is 1.93 bits per heavy atom. The molecule has 0 bridgehead atoms. The van der Waals surface area contributed by atoms with Gasteiger partial charge in [-0.05, 0) is 38.7 Å². The van der Waals surface area contributed by atoms with Crippen LogP contribution in [0.4, 0.5) is 4.79 Å². The molecule has 2 aliphatic rings. The average Bonchev–Trinajstić information content (AvgIpc) is 3.11. The number of nitrogens with one attached hydrogen (secondary N) is 2. The Hall–Kier alpha value is -2.08. The summed E-state index contributed by atoms with van der Waals surface area (Å²) in [7, 11) is 0. The molecule has 1 atom stereocenters. The first kappa shape index (κ1) is 19.7. The molecule has 3 N–H and O–H groups in total. The zero-order chi connectivity index (χ0) is 19.4. The van der Waals surface area contributed by atoms with Gasteiger partial charge in [-0.2, -0.15) is 0 Å². The molecule has 2 fully saturated rings. The van der Waals surface area contributed by atoms with Gasteiger partial charge in [0.25, 0.3) is 0 Å². The zero-order valence-corrected chi connectivity index (χ0v) is 16.4. The number of aliphatic hydroxyl groups is 1. The highest BCUT2D eigenvalue weighted by Crippen LogP contribution is 2.41. The van der Waals surface area contributed by atoms with Crippen molar-refractivity contribution in [2.45, 2.75) is 57.4 Å². The van der Waals surface area contributed by atoms with Gasteiger partial charge < -0.3 is 20.6 Å². The van der Waals surface area contributed by atoms with Crippen LogP contribution in [0, 0.1) is 13.8 Å². The number of piperazine rings is 1. The molecular weight excluding hydrogens is 342 g/mol. The highest BCUT2D eigenvalue weighted by atomic mass is 16.3. The Morgan fingerprint density at radius 3 is 2.56 bits per heavy atom. The molecule has 148 valence electrons. The molecule has 1 aromatic rings. The lowest BCUT2D eigenvalue weighted by atomic mass is 9.77. The van der Waals surface area contributed by atoms with Crippen LogP contribution in [0.2, 0.25) is 0 Å². The summed E-state index contributed by atoms with van der Waals surface area (Å²) in [6.45, 7) is 5.62. The fraction of sp³-hybridized carbons (Fsp3) is 0.619. The van der Waals surface area contributed by atoms with Gasteiger partial charge in [0.05, 0.1) is 0 Å². The number of carbonyl (C=O) groups excluding carboxylic acids is 2. The van der Waals surface area contributed by atoms with E-state index in [0.29, 0.717) is 19.6 Å². The maximum atomic E-state index is 12.8. The number of aliphatic hydroxyl groups excluding tert-OH is 1. The van der Waals surface area contributed by atoms with Crippen molar-refractivity contribution in [3.05, 3.63) is 34.9 Å². The number of aryl methyl sites for hydroxylation is 2. The Balaban J connectivity index is 1.74. The molecule has 1 aromatic carbocycles. The molecule has 1 saturated carbocycles. The molecule has 27 heavy (non-hydrogen) atoms. The number of urea groups is 1. The number of rotatable bonds is 5. The molecule has 1 heterocycles. The molecule has 1 saturated heterocycles. The van der Waals surface area contributed by atoms with Gasteiger partial charge in [-0.25, -0.2) is 4.79 Å². The first-order chi connectivity index (χ1) is 12.9. The van der Waals surface area contributed by atoms with Crippen molar-refractivity contribution < 1.29 is 14.7 Å². The van der Waals surface area contributed by atoms with Gasteiger partial charge in [0.2, 0.25) is 5.91 Å². The summed E-state index contributed by atoms with van der Waals surface area (Å²) >= 11 is 0. The van der Waals surface area contributed by atoms with Gasteiger partial charge in [-0.3, -0.25) is 4.79 Å². The Bertz CT molecular complexity index is 678. The van der Waals surface area contributed by atoms with Crippen LogP contribution in [0.3, 0.4) is 0 Å². The maximum Gasteiger partial charge on any atom is 0.318 e. The van der Waals surface area contributed by atoms with Crippen molar-refractivity contribution in [1.29, 1.82) is 0 Å². The molecular formula is C21H31N3O3. The third-order valence-electron chi connectivity index (χ3n) is 5.97. The quantitative estimate of drug-likeness (QED) is 0.738. The molecule has 0 radical (unpaired) electrons. The normalized spacial score (nSPS) is 21.8. The van der Waals surface area contributed by atoms with Crippen molar-refractivity contribution in [2.75, 3.05) is 26.2 Å². The molecule has 3 amide bonds. The lowest BCUT2D eigenvalue weighted by molar-refractivity contribution is -0.128. The predicted octanol–water partition coefficient (Wildman–Crippen LogP) is 2.01. The van der Waals surface area contributed by atoms with Gasteiger partial charge in [-0.15, -0.1) is 0 Å². The van der Waals surface area contributed by atoms with E-state index in [1.54, 1.807) is 4.90 Å². The van der Waals surface area contributed by atoms with Gasteiger partial charge in [0.15, 0.2) is 0 Å². The van der Waals surface area contributed by atoms with Crippen molar-refractivity contribution in [3.8, 4) is 0 Å². The average molecular weight is 373 g/mol. The third-order valence-corrected chi connectivity index (χ3v) is 5.97. The van der Waals surface area contributed by atoms with E-state index in [1.807, 2.05) is 0 Å². The first-order valence-electron chi connectivity index (χ1n) is 9.97. The van der Waals surface area contributed by atoms with Gasteiger partial charge in [0.1, 0.15) is 6.04 Å². The van der Waals surface area contributed by atoms with E-state index in [-0.39, 0.29) is 30.4 Å². The van der Waals surface area contributed by atoms with E-state index in [2.05, 4.69) is 42.7 Å². The summed E-state index contributed by atoms with van der Waals surface area (Å²) in [5.74, 6) is -0.185. The molecule has 1 aliphatic heterocycles. The zero-order valence-electron chi connectivity index (χ0n) is 16.4. The molecule has 0 aromatic heterocycles. The molecule has 3 rings (SSSR count). The minimum Gasteiger partial charge on any atom is -0.396 e. The summed E-state index contributed by atoms with van der Waals surface area (Å²) < 4.78 is 0. The van der Waals surface area contributed by atoms with Crippen molar-refractivity contribution in [1.82, 2.24) is 15.5 Å². The minimum atomic E-state index is -0.593. The Kier molecular flexibility index (Phi) is 6.05. The Labute approximate surface area is 161 Å². The van der Waals surface area contributed by atoms with E-state index in [4.69, 9.17) is 0 Å². The van der Waals surface area contributed by atoms with Crippen LogP contribution in [0.5, 0.6) is 0 Å². The highest BCUT2D eigenvalue weighted by Gasteiger charge is 2.38.